The quantitative estimate of drug-likeness (QED) is 0.846. The summed E-state index contributed by atoms with van der Waals surface area (Å²) < 4.78 is 14.1. The van der Waals surface area contributed by atoms with Crippen LogP contribution in [-0.4, -0.2) is 7.05 Å². The van der Waals surface area contributed by atoms with Crippen molar-refractivity contribution >= 4 is 27.5 Å². The first-order valence-corrected chi connectivity index (χ1v) is 7.13. The Morgan fingerprint density at radius 3 is 2.68 bits per heavy atom. The van der Waals surface area contributed by atoms with E-state index >= 15 is 0 Å². The number of rotatable bonds is 4. The zero-order valence-electron chi connectivity index (χ0n) is 10.5. The summed E-state index contributed by atoms with van der Waals surface area (Å²) in [5.41, 5.74) is 2.03. The third kappa shape index (κ3) is 4.03. The maximum atomic E-state index is 13.4. The van der Waals surface area contributed by atoms with E-state index in [-0.39, 0.29) is 11.9 Å². The van der Waals surface area contributed by atoms with Gasteiger partial charge in [-0.15, -0.1) is 0 Å². The Labute approximate surface area is 125 Å². The van der Waals surface area contributed by atoms with Crippen LogP contribution in [0.3, 0.4) is 0 Å². The summed E-state index contributed by atoms with van der Waals surface area (Å²) >= 11 is 9.32. The van der Waals surface area contributed by atoms with Gasteiger partial charge in [0.25, 0.3) is 0 Å². The molecule has 2 aromatic rings. The van der Waals surface area contributed by atoms with Crippen LogP contribution in [0.5, 0.6) is 0 Å². The molecule has 0 fully saturated rings. The monoisotopic (exact) mass is 341 g/mol. The lowest BCUT2D eigenvalue weighted by atomic mass is 9.99. The molecule has 0 saturated heterocycles. The third-order valence-electron chi connectivity index (χ3n) is 2.96. The summed E-state index contributed by atoms with van der Waals surface area (Å²) in [6, 6.07) is 12.8. The second-order valence-corrected chi connectivity index (χ2v) is 5.73. The van der Waals surface area contributed by atoms with Gasteiger partial charge in [-0.25, -0.2) is 4.39 Å². The van der Waals surface area contributed by atoms with Crippen LogP contribution in [-0.2, 0) is 6.42 Å². The Bertz CT molecular complexity index is 554. The molecule has 100 valence electrons. The molecule has 4 heteroatoms. The molecule has 0 aliphatic carbocycles. The summed E-state index contributed by atoms with van der Waals surface area (Å²) in [4.78, 5) is 0. The van der Waals surface area contributed by atoms with Gasteiger partial charge in [0.1, 0.15) is 5.82 Å². The molecule has 0 amide bonds. The fourth-order valence-electron chi connectivity index (χ4n) is 2.07. The van der Waals surface area contributed by atoms with Crippen LogP contribution in [0.25, 0.3) is 0 Å². The molecule has 0 aromatic heterocycles. The van der Waals surface area contributed by atoms with E-state index in [2.05, 4.69) is 21.2 Å². The lowest BCUT2D eigenvalue weighted by Gasteiger charge is -2.17. The minimum Gasteiger partial charge on any atom is -0.313 e. The largest absolute Gasteiger partial charge is 0.313 e. The molecular formula is C15H14BrClFN. The zero-order valence-corrected chi connectivity index (χ0v) is 12.8. The van der Waals surface area contributed by atoms with Crippen molar-refractivity contribution in [1.82, 2.24) is 5.32 Å². The van der Waals surface area contributed by atoms with E-state index < -0.39 is 0 Å². The van der Waals surface area contributed by atoms with Gasteiger partial charge in [-0.1, -0.05) is 39.7 Å². The smallest absolute Gasteiger partial charge is 0.124 e. The SMILES string of the molecule is CNC(Cc1cc(F)cc(Br)c1)c1cccc(Cl)c1. The third-order valence-corrected chi connectivity index (χ3v) is 3.65. The molecule has 1 nitrogen and oxygen atoms in total. The predicted molar refractivity (Wildman–Crippen MR) is 81.1 cm³/mol. The van der Waals surface area contributed by atoms with E-state index in [1.54, 1.807) is 6.07 Å². The number of nitrogens with one attached hydrogen (secondary N) is 1. The highest BCUT2D eigenvalue weighted by atomic mass is 79.9. The van der Waals surface area contributed by atoms with E-state index in [4.69, 9.17) is 11.6 Å². The molecule has 0 spiro atoms. The Morgan fingerprint density at radius 2 is 2.05 bits per heavy atom. The Balaban J connectivity index is 2.23. The summed E-state index contributed by atoms with van der Waals surface area (Å²) in [6.45, 7) is 0. The molecule has 0 saturated carbocycles. The number of benzene rings is 2. The van der Waals surface area contributed by atoms with Gasteiger partial charge in [-0.3, -0.25) is 0 Å². The molecule has 0 aliphatic rings. The van der Waals surface area contributed by atoms with E-state index in [0.717, 1.165) is 15.6 Å². The molecule has 2 aromatic carbocycles. The fourth-order valence-corrected chi connectivity index (χ4v) is 2.79. The highest BCUT2D eigenvalue weighted by Crippen LogP contribution is 2.23. The highest BCUT2D eigenvalue weighted by Gasteiger charge is 2.11. The zero-order chi connectivity index (χ0) is 13.8. The van der Waals surface area contributed by atoms with Gasteiger partial charge in [-0.05, 0) is 54.9 Å². The molecule has 0 heterocycles. The molecule has 2 rings (SSSR count). The molecule has 0 aliphatic heterocycles. The van der Waals surface area contributed by atoms with Crippen LogP contribution in [0.4, 0.5) is 4.39 Å². The average Bonchev–Trinajstić information content (AvgIpc) is 2.34. The first-order valence-electron chi connectivity index (χ1n) is 5.96. The van der Waals surface area contributed by atoms with Crippen LogP contribution in [0.1, 0.15) is 17.2 Å². The van der Waals surface area contributed by atoms with Crippen molar-refractivity contribution in [2.24, 2.45) is 0 Å². The van der Waals surface area contributed by atoms with Crippen LogP contribution >= 0.6 is 27.5 Å². The minimum atomic E-state index is -0.231. The summed E-state index contributed by atoms with van der Waals surface area (Å²) in [5.74, 6) is -0.231. The standard InChI is InChI=1S/C15H14BrClFN/c1-19-15(11-3-2-4-13(17)8-11)7-10-5-12(16)9-14(18)6-10/h2-6,8-9,15,19H,7H2,1H3. The van der Waals surface area contributed by atoms with Crippen molar-refractivity contribution in [3.05, 3.63) is 68.9 Å². The second-order valence-electron chi connectivity index (χ2n) is 4.38. The first-order chi connectivity index (χ1) is 9.08. The minimum absolute atomic E-state index is 0.104. The molecule has 19 heavy (non-hydrogen) atoms. The Morgan fingerprint density at radius 1 is 1.26 bits per heavy atom. The fraction of sp³-hybridized carbons (Fsp3) is 0.200. The first kappa shape index (κ1) is 14.5. The lowest BCUT2D eigenvalue weighted by molar-refractivity contribution is 0.584. The van der Waals surface area contributed by atoms with Gasteiger partial charge >= 0.3 is 0 Å². The summed E-state index contributed by atoms with van der Waals surface area (Å²) in [7, 11) is 1.89. The number of hydrogen-bond donors (Lipinski definition) is 1. The molecule has 1 atom stereocenters. The van der Waals surface area contributed by atoms with Crippen molar-refractivity contribution in [2.45, 2.75) is 12.5 Å². The van der Waals surface area contributed by atoms with E-state index in [9.17, 15) is 4.39 Å². The summed E-state index contributed by atoms with van der Waals surface area (Å²) in [5, 5.41) is 3.94. The maximum Gasteiger partial charge on any atom is 0.124 e. The molecule has 1 N–H and O–H groups in total. The number of halogens is 3. The van der Waals surface area contributed by atoms with Gasteiger partial charge in [-0.2, -0.15) is 0 Å². The van der Waals surface area contributed by atoms with E-state index in [1.165, 1.54) is 6.07 Å². The van der Waals surface area contributed by atoms with Crippen LogP contribution in [0, 0.1) is 5.82 Å². The van der Waals surface area contributed by atoms with Gasteiger partial charge in [0.05, 0.1) is 0 Å². The normalized spacial score (nSPS) is 12.4. The van der Waals surface area contributed by atoms with Crippen LogP contribution < -0.4 is 5.32 Å². The number of likely N-dealkylation sites (N-methyl/N-ethyl adjacent to an activating group) is 1. The second kappa shape index (κ2) is 6.51. The van der Waals surface area contributed by atoms with Crippen LogP contribution in [0.15, 0.2) is 46.9 Å². The molecule has 0 bridgehead atoms. The average molecular weight is 343 g/mol. The number of hydrogen-bond acceptors (Lipinski definition) is 1. The predicted octanol–water partition coefficient (Wildman–Crippen LogP) is 4.74. The Hall–Kier alpha value is -0.900. The van der Waals surface area contributed by atoms with Gasteiger partial charge in [0.2, 0.25) is 0 Å². The summed E-state index contributed by atoms with van der Waals surface area (Å²) in [6.07, 6.45) is 0.702. The van der Waals surface area contributed by atoms with E-state index in [0.29, 0.717) is 11.4 Å². The van der Waals surface area contributed by atoms with Crippen molar-refractivity contribution in [2.75, 3.05) is 7.05 Å². The topological polar surface area (TPSA) is 12.0 Å². The van der Waals surface area contributed by atoms with Crippen molar-refractivity contribution in [3.8, 4) is 0 Å². The van der Waals surface area contributed by atoms with E-state index in [1.807, 2.05) is 37.4 Å². The molecule has 0 radical (unpaired) electrons. The van der Waals surface area contributed by atoms with Crippen molar-refractivity contribution < 1.29 is 4.39 Å². The van der Waals surface area contributed by atoms with Gasteiger partial charge < -0.3 is 5.32 Å². The maximum absolute atomic E-state index is 13.4. The Kier molecular flexibility index (Phi) is 4.97. The van der Waals surface area contributed by atoms with Crippen LogP contribution in [0.2, 0.25) is 5.02 Å². The van der Waals surface area contributed by atoms with Gasteiger partial charge in [0, 0.05) is 15.5 Å². The van der Waals surface area contributed by atoms with Crippen molar-refractivity contribution in [3.63, 3.8) is 0 Å². The highest BCUT2D eigenvalue weighted by molar-refractivity contribution is 9.10. The molecular weight excluding hydrogens is 329 g/mol. The van der Waals surface area contributed by atoms with Gasteiger partial charge in [0.15, 0.2) is 0 Å². The lowest BCUT2D eigenvalue weighted by Crippen LogP contribution is -2.18. The molecule has 1 unspecified atom stereocenters. The van der Waals surface area contributed by atoms with Crippen molar-refractivity contribution in [1.29, 1.82) is 0 Å².